The Bertz CT molecular complexity index is 793. The zero-order valence-corrected chi connectivity index (χ0v) is 14.5. The molecule has 0 spiro atoms. The van der Waals surface area contributed by atoms with E-state index >= 15 is 0 Å². The number of carboxylic acid groups (broad SMARTS) is 2. The third kappa shape index (κ3) is 7.92. The molecule has 2 rings (SSSR count). The maximum Gasteiger partial charge on any atom is 0.328 e. The second kappa shape index (κ2) is 10.3. The topological polar surface area (TPSA) is 74.6 Å². The highest BCUT2D eigenvalue weighted by Gasteiger charge is 1.99. The SMILES string of the molecule is O=C(O)/C=C/c1ccc(F)c(Cl)c1.O=C(O)/C=C/c1ccc(F)c(Cl)c1. The largest absolute Gasteiger partial charge is 0.478 e. The van der Waals surface area contributed by atoms with Crippen LogP contribution in [0.3, 0.4) is 0 Å². The Morgan fingerprint density at radius 3 is 1.38 bits per heavy atom. The van der Waals surface area contributed by atoms with Crippen LogP contribution in [0.5, 0.6) is 0 Å². The van der Waals surface area contributed by atoms with Crippen molar-refractivity contribution in [2.24, 2.45) is 0 Å². The van der Waals surface area contributed by atoms with Gasteiger partial charge in [-0.3, -0.25) is 0 Å². The average molecular weight is 401 g/mol. The van der Waals surface area contributed by atoms with E-state index in [4.69, 9.17) is 33.4 Å². The molecule has 0 aliphatic carbocycles. The molecule has 2 N–H and O–H groups in total. The van der Waals surface area contributed by atoms with E-state index in [9.17, 15) is 18.4 Å². The van der Waals surface area contributed by atoms with Gasteiger partial charge in [-0.1, -0.05) is 35.3 Å². The highest BCUT2D eigenvalue weighted by Crippen LogP contribution is 2.17. The lowest BCUT2D eigenvalue weighted by atomic mass is 10.2. The minimum Gasteiger partial charge on any atom is -0.478 e. The molecule has 4 nitrogen and oxygen atoms in total. The van der Waals surface area contributed by atoms with Crippen LogP contribution in [0.25, 0.3) is 12.2 Å². The molecule has 2 aromatic rings. The molecule has 0 saturated heterocycles. The fraction of sp³-hybridized carbons (Fsp3) is 0. The molecule has 0 fully saturated rings. The van der Waals surface area contributed by atoms with E-state index in [1.165, 1.54) is 48.6 Å². The van der Waals surface area contributed by atoms with Crippen LogP contribution in [0.2, 0.25) is 10.0 Å². The van der Waals surface area contributed by atoms with Crippen LogP contribution in [-0.4, -0.2) is 22.2 Å². The summed E-state index contributed by atoms with van der Waals surface area (Å²) in [5.74, 6) is -3.15. The summed E-state index contributed by atoms with van der Waals surface area (Å²) >= 11 is 10.9. The van der Waals surface area contributed by atoms with Crippen LogP contribution in [0.15, 0.2) is 48.6 Å². The van der Waals surface area contributed by atoms with E-state index in [1.54, 1.807) is 0 Å². The number of halogens is 4. The van der Waals surface area contributed by atoms with Gasteiger partial charge in [0, 0.05) is 12.2 Å². The van der Waals surface area contributed by atoms with E-state index in [0.717, 1.165) is 12.2 Å². The number of hydrogen-bond acceptors (Lipinski definition) is 2. The quantitative estimate of drug-likeness (QED) is 0.695. The van der Waals surface area contributed by atoms with Crippen LogP contribution in [0.4, 0.5) is 8.78 Å². The summed E-state index contributed by atoms with van der Waals surface area (Å²) < 4.78 is 25.3. The van der Waals surface area contributed by atoms with Crippen molar-refractivity contribution in [1.82, 2.24) is 0 Å². The summed E-state index contributed by atoms with van der Waals surface area (Å²) in [6, 6.07) is 7.97. The molecule has 0 heterocycles. The molecule has 0 aliphatic rings. The fourth-order valence-corrected chi connectivity index (χ4v) is 1.95. The monoisotopic (exact) mass is 400 g/mol. The summed E-state index contributed by atoms with van der Waals surface area (Å²) in [6.45, 7) is 0. The van der Waals surface area contributed by atoms with Gasteiger partial charge < -0.3 is 10.2 Å². The van der Waals surface area contributed by atoms with Crippen molar-refractivity contribution in [3.05, 3.63) is 81.4 Å². The summed E-state index contributed by atoms with van der Waals surface area (Å²) in [5.41, 5.74) is 1.10. The van der Waals surface area contributed by atoms with Crippen LogP contribution in [-0.2, 0) is 9.59 Å². The number of benzene rings is 2. The minimum absolute atomic E-state index is 0.0208. The van der Waals surface area contributed by atoms with Crippen molar-refractivity contribution in [2.75, 3.05) is 0 Å². The Hall–Kier alpha value is -2.70. The zero-order chi connectivity index (χ0) is 19.7. The van der Waals surface area contributed by atoms with E-state index in [0.29, 0.717) is 11.1 Å². The highest BCUT2D eigenvalue weighted by atomic mass is 35.5. The Labute approximate surface area is 157 Å². The van der Waals surface area contributed by atoms with Crippen LogP contribution in [0, 0.1) is 11.6 Å². The van der Waals surface area contributed by atoms with Gasteiger partial charge in [0.15, 0.2) is 0 Å². The van der Waals surface area contributed by atoms with Crippen molar-refractivity contribution in [1.29, 1.82) is 0 Å². The molecule has 0 radical (unpaired) electrons. The van der Waals surface area contributed by atoms with Crippen molar-refractivity contribution in [3.63, 3.8) is 0 Å². The third-order valence-electron chi connectivity index (χ3n) is 2.72. The summed E-state index contributed by atoms with van der Waals surface area (Å²) in [6.07, 6.45) is 4.61. The minimum atomic E-state index is -1.06. The summed E-state index contributed by atoms with van der Waals surface area (Å²) in [5, 5.41) is 16.6. The number of aliphatic carboxylic acids is 2. The summed E-state index contributed by atoms with van der Waals surface area (Å²) in [4.78, 5) is 20.3. The highest BCUT2D eigenvalue weighted by molar-refractivity contribution is 6.31. The van der Waals surface area contributed by atoms with E-state index < -0.39 is 23.6 Å². The molecule has 8 heteroatoms. The molecule has 0 amide bonds. The second-order valence-corrected chi connectivity index (χ2v) is 5.50. The molecule has 0 aromatic heterocycles. The predicted molar refractivity (Wildman–Crippen MR) is 96.2 cm³/mol. The first-order chi connectivity index (χ1) is 12.2. The van der Waals surface area contributed by atoms with E-state index in [2.05, 4.69) is 0 Å². The molecular weight excluding hydrogens is 389 g/mol. The van der Waals surface area contributed by atoms with Gasteiger partial charge in [-0.15, -0.1) is 0 Å². The molecule has 0 saturated carbocycles. The van der Waals surface area contributed by atoms with Crippen LogP contribution in [0.1, 0.15) is 11.1 Å². The fourth-order valence-electron chi connectivity index (χ4n) is 1.57. The molecule has 26 heavy (non-hydrogen) atoms. The van der Waals surface area contributed by atoms with Gasteiger partial charge >= 0.3 is 11.9 Å². The van der Waals surface area contributed by atoms with E-state index in [-0.39, 0.29) is 10.0 Å². The van der Waals surface area contributed by atoms with Gasteiger partial charge in [0.2, 0.25) is 0 Å². The second-order valence-electron chi connectivity index (χ2n) is 4.69. The molecule has 0 atom stereocenters. The first kappa shape index (κ1) is 21.3. The molecule has 2 aromatic carbocycles. The van der Waals surface area contributed by atoms with Gasteiger partial charge in [-0.2, -0.15) is 0 Å². The lowest BCUT2D eigenvalue weighted by molar-refractivity contribution is -0.132. The van der Waals surface area contributed by atoms with Crippen LogP contribution < -0.4 is 0 Å². The van der Waals surface area contributed by atoms with Gasteiger partial charge in [0.25, 0.3) is 0 Å². The first-order valence-electron chi connectivity index (χ1n) is 6.91. The Balaban J connectivity index is 0.000000260. The standard InChI is InChI=1S/2C9H6ClFO2/c2*10-7-5-6(1-3-8(7)11)2-4-9(12)13/h2*1-5H,(H,12,13)/b2*4-2+. The average Bonchev–Trinajstić information content (AvgIpc) is 2.57. The lowest BCUT2D eigenvalue weighted by Gasteiger charge is -1.95. The number of rotatable bonds is 4. The van der Waals surface area contributed by atoms with Gasteiger partial charge in [-0.05, 0) is 47.5 Å². The Morgan fingerprint density at radius 2 is 1.12 bits per heavy atom. The van der Waals surface area contributed by atoms with Crippen molar-refractivity contribution in [3.8, 4) is 0 Å². The van der Waals surface area contributed by atoms with Crippen molar-refractivity contribution in [2.45, 2.75) is 0 Å². The van der Waals surface area contributed by atoms with Gasteiger partial charge in [-0.25, -0.2) is 18.4 Å². The maximum absolute atomic E-state index is 12.6. The predicted octanol–water partition coefficient (Wildman–Crippen LogP) is 5.15. The summed E-state index contributed by atoms with van der Waals surface area (Å²) in [7, 11) is 0. The Morgan fingerprint density at radius 1 is 0.769 bits per heavy atom. The maximum atomic E-state index is 12.6. The van der Waals surface area contributed by atoms with Crippen molar-refractivity contribution >= 4 is 47.3 Å². The third-order valence-corrected chi connectivity index (χ3v) is 3.30. The van der Waals surface area contributed by atoms with Gasteiger partial charge in [0.1, 0.15) is 11.6 Å². The molecular formula is C18H12Cl2F2O4. The molecule has 0 bridgehead atoms. The number of hydrogen-bond donors (Lipinski definition) is 2. The number of carbonyl (C=O) groups is 2. The van der Waals surface area contributed by atoms with Crippen LogP contribution >= 0.6 is 23.2 Å². The Kier molecular flexibility index (Phi) is 8.48. The normalized spacial score (nSPS) is 10.6. The smallest absolute Gasteiger partial charge is 0.328 e. The molecule has 0 aliphatic heterocycles. The zero-order valence-electron chi connectivity index (χ0n) is 13.0. The number of carboxylic acids is 2. The molecule has 136 valence electrons. The first-order valence-corrected chi connectivity index (χ1v) is 7.66. The lowest BCUT2D eigenvalue weighted by Crippen LogP contribution is -1.86. The van der Waals surface area contributed by atoms with E-state index in [1.807, 2.05) is 0 Å². The van der Waals surface area contributed by atoms with Gasteiger partial charge in [0.05, 0.1) is 10.0 Å². The molecule has 0 unspecified atom stereocenters. The van der Waals surface area contributed by atoms with Crippen molar-refractivity contribution < 1.29 is 28.6 Å².